The molecule has 0 aliphatic rings. The molecule has 36 heavy (non-hydrogen) atoms. The van der Waals surface area contributed by atoms with E-state index < -0.39 is 26.7 Å². The third-order valence-electron chi connectivity index (χ3n) is 5.31. The van der Waals surface area contributed by atoms with Crippen LogP contribution in [0.2, 0.25) is 5.02 Å². The molecular formula is C25H22ClFN4O4S. The number of aromatic nitrogens is 2. The van der Waals surface area contributed by atoms with Crippen LogP contribution in [0.1, 0.15) is 28.7 Å². The summed E-state index contributed by atoms with van der Waals surface area (Å²) in [6, 6.07) is 16.1. The van der Waals surface area contributed by atoms with Crippen molar-refractivity contribution in [1.82, 2.24) is 9.97 Å². The molecule has 8 nitrogen and oxygen atoms in total. The summed E-state index contributed by atoms with van der Waals surface area (Å²) in [7, 11) is -3.81. The number of anilines is 2. The molecule has 0 bridgehead atoms. The number of hydrogen-bond donors (Lipinski definition) is 1. The fourth-order valence-electron chi connectivity index (χ4n) is 3.41. The number of benzene rings is 2. The van der Waals surface area contributed by atoms with Gasteiger partial charge in [-0.15, -0.1) is 0 Å². The maximum absolute atomic E-state index is 14.5. The molecule has 0 unspecified atom stereocenters. The Bertz CT molecular complexity index is 1460. The van der Waals surface area contributed by atoms with Gasteiger partial charge in [0.25, 0.3) is 5.91 Å². The number of halogens is 2. The van der Waals surface area contributed by atoms with Gasteiger partial charge in [-0.1, -0.05) is 36.7 Å². The number of furan rings is 1. The third-order valence-corrected chi connectivity index (χ3v) is 7.07. The van der Waals surface area contributed by atoms with Crippen molar-refractivity contribution in [2.45, 2.75) is 25.2 Å². The van der Waals surface area contributed by atoms with Crippen molar-refractivity contribution < 1.29 is 22.0 Å². The van der Waals surface area contributed by atoms with Crippen LogP contribution in [0.4, 0.5) is 15.8 Å². The first-order valence-corrected chi connectivity index (χ1v) is 13.0. The maximum Gasteiger partial charge on any atom is 0.276 e. The third kappa shape index (κ3) is 5.89. The summed E-state index contributed by atoms with van der Waals surface area (Å²) < 4.78 is 45.0. The van der Waals surface area contributed by atoms with Crippen molar-refractivity contribution in [3.8, 4) is 0 Å². The number of amides is 1. The van der Waals surface area contributed by atoms with Gasteiger partial charge in [-0.2, -0.15) is 0 Å². The maximum atomic E-state index is 14.5. The van der Waals surface area contributed by atoms with Crippen LogP contribution in [0, 0.1) is 5.82 Å². The van der Waals surface area contributed by atoms with Gasteiger partial charge in [0.05, 0.1) is 30.4 Å². The van der Waals surface area contributed by atoms with E-state index in [1.165, 1.54) is 25.5 Å². The van der Waals surface area contributed by atoms with Crippen LogP contribution in [0.5, 0.6) is 0 Å². The lowest BCUT2D eigenvalue weighted by molar-refractivity contribution is 0.102. The molecule has 1 amide bonds. The molecule has 0 radical (unpaired) electrons. The van der Waals surface area contributed by atoms with E-state index in [1.807, 2.05) is 0 Å². The van der Waals surface area contributed by atoms with Crippen molar-refractivity contribution in [2.24, 2.45) is 0 Å². The van der Waals surface area contributed by atoms with Crippen LogP contribution in [0.3, 0.4) is 0 Å². The monoisotopic (exact) mass is 528 g/mol. The summed E-state index contributed by atoms with van der Waals surface area (Å²) in [5.41, 5.74) is 0.810. The molecule has 11 heteroatoms. The topological polar surface area (TPSA) is 105 Å². The zero-order valence-electron chi connectivity index (χ0n) is 19.2. The van der Waals surface area contributed by atoms with E-state index in [0.29, 0.717) is 22.0 Å². The van der Waals surface area contributed by atoms with E-state index >= 15 is 0 Å². The molecule has 4 rings (SSSR count). The highest BCUT2D eigenvalue weighted by atomic mass is 35.5. The quantitative estimate of drug-likeness (QED) is 0.301. The van der Waals surface area contributed by atoms with Crippen molar-refractivity contribution >= 4 is 38.7 Å². The Balaban J connectivity index is 1.80. The first kappa shape index (κ1) is 25.3. The average Bonchev–Trinajstić information content (AvgIpc) is 3.39. The highest BCUT2D eigenvalue weighted by Crippen LogP contribution is 2.26. The standard InChI is InChI=1S/C25H22ClFN4O4S/c1-2-36(33,34)25-28-14-22(23(30-25)24(32)29-19-11-9-18(26)10-12-19)31(16-20-7-5-13-35-20)15-17-6-3-4-8-21(17)27/h3-14H,2,15-16H2,1H3,(H,29,32). The number of rotatable bonds is 9. The highest BCUT2D eigenvalue weighted by Gasteiger charge is 2.25. The van der Waals surface area contributed by atoms with Gasteiger partial charge in [0.15, 0.2) is 5.69 Å². The van der Waals surface area contributed by atoms with E-state index in [9.17, 15) is 17.6 Å². The molecule has 186 valence electrons. The SMILES string of the molecule is CCS(=O)(=O)c1ncc(N(Cc2ccco2)Cc2ccccc2F)c(C(=O)Nc2ccc(Cl)cc2)n1. The van der Waals surface area contributed by atoms with Crippen LogP contribution in [-0.2, 0) is 22.9 Å². The van der Waals surface area contributed by atoms with Gasteiger partial charge in [-0.05, 0) is 42.5 Å². The average molecular weight is 529 g/mol. The Morgan fingerprint density at radius 1 is 1.08 bits per heavy atom. The molecular weight excluding hydrogens is 507 g/mol. The van der Waals surface area contributed by atoms with Gasteiger partial charge >= 0.3 is 0 Å². The fraction of sp³-hybridized carbons (Fsp3) is 0.160. The van der Waals surface area contributed by atoms with E-state index in [4.69, 9.17) is 16.0 Å². The summed E-state index contributed by atoms with van der Waals surface area (Å²) in [5.74, 6) is -0.795. The zero-order valence-corrected chi connectivity index (χ0v) is 20.8. The molecule has 2 aromatic heterocycles. The molecule has 0 atom stereocenters. The molecule has 1 N–H and O–H groups in total. The van der Waals surface area contributed by atoms with Crippen LogP contribution >= 0.6 is 11.6 Å². The Labute approximate surface area is 212 Å². The predicted octanol–water partition coefficient (Wildman–Crippen LogP) is 5.11. The zero-order chi connectivity index (χ0) is 25.7. The minimum absolute atomic E-state index is 0.0395. The van der Waals surface area contributed by atoms with Crippen LogP contribution < -0.4 is 10.2 Å². The van der Waals surface area contributed by atoms with Gasteiger partial charge in [0, 0.05) is 22.8 Å². The summed E-state index contributed by atoms with van der Waals surface area (Å²) in [6.07, 6.45) is 2.76. The molecule has 0 saturated heterocycles. The number of carbonyl (C=O) groups is 1. The minimum Gasteiger partial charge on any atom is -0.467 e. The molecule has 0 fully saturated rings. The first-order chi connectivity index (χ1) is 17.3. The van der Waals surface area contributed by atoms with E-state index in [0.717, 1.165) is 0 Å². The first-order valence-electron chi connectivity index (χ1n) is 10.9. The Hall–Kier alpha value is -3.76. The van der Waals surface area contributed by atoms with Gasteiger partial charge in [-0.25, -0.2) is 22.8 Å². The molecule has 2 heterocycles. The predicted molar refractivity (Wildman–Crippen MR) is 134 cm³/mol. The van der Waals surface area contributed by atoms with Crippen LogP contribution in [0.25, 0.3) is 0 Å². The lowest BCUT2D eigenvalue weighted by atomic mass is 10.1. The molecule has 0 aliphatic carbocycles. The Morgan fingerprint density at radius 2 is 1.83 bits per heavy atom. The minimum atomic E-state index is -3.81. The summed E-state index contributed by atoms with van der Waals surface area (Å²) >= 11 is 5.93. The second kappa shape index (κ2) is 10.9. The molecule has 4 aromatic rings. The fourth-order valence-corrected chi connectivity index (χ4v) is 4.24. The second-order valence-corrected chi connectivity index (χ2v) is 10.4. The summed E-state index contributed by atoms with van der Waals surface area (Å²) in [5, 5.41) is 2.72. The lowest BCUT2D eigenvalue weighted by Crippen LogP contribution is -2.28. The summed E-state index contributed by atoms with van der Waals surface area (Å²) in [6.45, 7) is 1.64. The van der Waals surface area contributed by atoms with Gasteiger partial charge in [-0.3, -0.25) is 4.79 Å². The molecule has 0 spiro atoms. The van der Waals surface area contributed by atoms with Crippen molar-refractivity contribution in [2.75, 3.05) is 16.0 Å². The normalized spacial score (nSPS) is 11.3. The van der Waals surface area contributed by atoms with E-state index in [1.54, 1.807) is 59.5 Å². The number of carbonyl (C=O) groups excluding carboxylic acids is 1. The van der Waals surface area contributed by atoms with Crippen molar-refractivity contribution in [3.63, 3.8) is 0 Å². The van der Waals surface area contributed by atoms with Gasteiger partial charge in [0.2, 0.25) is 15.0 Å². The van der Waals surface area contributed by atoms with Gasteiger partial charge in [0.1, 0.15) is 11.6 Å². The van der Waals surface area contributed by atoms with Crippen molar-refractivity contribution in [1.29, 1.82) is 0 Å². The molecule has 0 aliphatic heterocycles. The van der Waals surface area contributed by atoms with Crippen LogP contribution in [0.15, 0.2) is 82.7 Å². The number of nitrogens with one attached hydrogen (secondary N) is 1. The van der Waals surface area contributed by atoms with E-state index in [-0.39, 0.29) is 30.2 Å². The largest absolute Gasteiger partial charge is 0.467 e. The Kier molecular flexibility index (Phi) is 7.66. The second-order valence-electron chi connectivity index (χ2n) is 7.78. The van der Waals surface area contributed by atoms with E-state index in [2.05, 4.69) is 15.3 Å². The van der Waals surface area contributed by atoms with Crippen LogP contribution in [-0.4, -0.2) is 30.0 Å². The van der Waals surface area contributed by atoms with Gasteiger partial charge < -0.3 is 14.6 Å². The molecule has 2 aromatic carbocycles. The Morgan fingerprint density at radius 3 is 2.50 bits per heavy atom. The number of hydrogen-bond acceptors (Lipinski definition) is 7. The highest BCUT2D eigenvalue weighted by molar-refractivity contribution is 7.91. The van der Waals surface area contributed by atoms with Crippen molar-refractivity contribution in [3.05, 3.63) is 101 Å². The smallest absolute Gasteiger partial charge is 0.276 e. The molecule has 0 saturated carbocycles. The lowest BCUT2D eigenvalue weighted by Gasteiger charge is -2.25. The number of nitrogens with zero attached hydrogens (tertiary/aromatic N) is 3. The number of sulfone groups is 1. The summed E-state index contributed by atoms with van der Waals surface area (Å²) in [4.78, 5) is 23.2.